The number of non-ortho nitro benzene ring substituents is 1. The number of primary amides is 1. The Balaban J connectivity index is 1.20. The van der Waals surface area contributed by atoms with E-state index >= 15 is 0 Å². The number of nitrogens with one attached hydrogen (secondary N) is 8. The van der Waals surface area contributed by atoms with Crippen molar-refractivity contribution in [2.45, 2.75) is 127 Å². The lowest BCUT2D eigenvalue weighted by Gasteiger charge is -2.28. The maximum atomic E-state index is 14.7. The van der Waals surface area contributed by atoms with Gasteiger partial charge in [0.25, 0.3) is 11.4 Å². The predicted molar refractivity (Wildman–Crippen MR) is 345 cm³/mol. The Morgan fingerprint density at radius 1 is 0.723 bits per heavy atom. The Hall–Kier alpha value is -10.8. The highest BCUT2D eigenvalue weighted by molar-refractivity contribution is 5.98. The van der Waals surface area contributed by atoms with Crippen LogP contribution in [0.4, 0.5) is 17.1 Å². The van der Waals surface area contributed by atoms with Gasteiger partial charge < -0.3 is 79.5 Å². The number of guanidine groups is 1. The number of anilines is 1. The summed E-state index contributed by atoms with van der Waals surface area (Å²) in [6.45, 7) is 4.00. The van der Waals surface area contributed by atoms with Gasteiger partial charge >= 0.3 is 5.63 Å². The van der Waals surface area contributed by atoms with E-state index in [2.05, 4.69) is 47.5 Å². The highest BCUT2D eigenvalue weighted by Crippen LogP contribution is 2.30. The minimum absolute atomic E-state index is 0.000414. The van der Waals surface area contributed by atoms with Crippen LogP contribution in [0, 0.1) is 26.1 Å². The summed E-state index contributed by atoms with van der Waals surface area (Å²) in [5.74, 6) is -7.39. The van der Waals surface area contributed by atoms with Crippen LogP contribution in [0.2, 0.25) is 0 Å². The molecule has 7 atom stereocenters. The van der Waals surface area contributed by atoms with Crippen LogP contribution in [-0.4, -0.2) is 156 Å². The van der Waals surface area contributed by atoms with Gasteiger partial charge in [0, 0.05) is 49.6 Å². The first-order valence-corrected chi connectivity index (χ1v) is 30.4. The number of benzene rings is 4. The van der Waals surface area contributed by atoms with Gasteiger partial charge in [0.15, 0.2) is 5.96 Å². The summed E-state index contributed by atoms with van der Waals surface area (Å²) in [7, 11) is 1.46. The molecule has 1 aromatic heterocycles. The number of likely N-dealkylation sites (tertiary alicyclic amines) is 1. The Labute approximate surface area is 539 Å². The van der Waals surface area contributed by atoms with Crippen LogP contribution < -0.4 is 75.8 Å². The lowest BCUT2D eigenvalue weighted by molar-refractivity contribution is -0.393. The van der Waals surface area contributed by atoms with Gasteiger partial charge in [0.1, 0.15) is 59.3 Å². The van der Waals surface area contributed by atoms with Crippen molar-refractivity contribution in [1.82, 2.24) is 42.1 Å². The van der Waals surface area contributed by atoms with Crippen LogP contribution in [0.5, 0.6) is 5.75 Å². The van der Waals surface area contributed by atoms with Gasteiger partial charge in [-0.05, 0) is 111 Å². The fourth-order valence-corrected chi connectivity index (χ4v) is 10.5. The van der Waals surface area contributed by atoms with Crippen molar-refractivity contribution in [1.29, 1.82) is 0 Å². The van der Waals surface area contributed by atoms with Crippen LogP contribution >= 0.6 is 0 Å². The number of unbranched alkanes of at least 4 members (excludes halogenated alkanes) is 1. The first-order chi connectivity index (χ1) is 44.7. The summed E-state index contributed by atoms with van der Waals surface area (Å²) in [5, 5.41) is 46.5. The average Bonchev–Trinajstić information content (AvgIpc) is 1.60. The van der Waals surface area contributed by atoms with E-state index in [1.807, 2.05) is 32.0 Å². The van der Waals surface area contributed by atoms with Crippen molar-refractivity contribution < 1.29 is 62.2 Å². The molecule has 94 heavy (non-hydrogen) atoms. The third-order valence-electron chi connectivity index (χ3n) is 15.4. The molecule has 16 N–H and O–H groups in total. The summed E-state index contributed by atoms with van der Waals surface area (Å²) in [6.07, 6.45) is 1.39. The molecule has 1 saturated heterocycles. The number of methoxy groups -OCH3 is 1. The van der Waals surface area contributed by atoms with Gasteiger partial charge in [0.2, 0.25) is 53.2 Å². The number of fused-ring (bicyclic) bond motifs is 2. The van der Waals surface area contributed by atoms with E-state index in [1.165, 1.54) is 31.1 Å². The number of nitro benzene ring substituents is 2. The van der Waals surface area contributed by atoms with Crippen LogP contribution in [0.3, 0.4) is 0 Å². The quantitative estimate of drug-likeness (QED) is 0.00653. The van der Waals surface area contributed by atoms with Gasteiger partial charge in [-0.1, -0.05) is 56.3 Å². The molecule has 32 nitrogen and oxygen atoms in total. The first-order valence-electron chi connectivity index (χ1n) is 30.4. The molecule has 1 aliphatic heterocycles. The summed E-state index contributed by atoms with van der Waals surface area (Å²) < 4.78 is 10.6. The average molecular weight is 1310 g/mol. The van der Waals surface area contributed by atoms with Gasteiger partial charge in [-0.15, -0.1) is 0 Å². The van der Waals surface area contributed by atoms with Crippen molar-refractivity contribution in [3.63, 3.8) is 0 Å². The summed E-state index contributed by atoms with van der Waals surface area (Å²) in [6, 6.07) is 11.7. The first kappa shape index (κ1) is 72.3. The second-order valence-corrected chi connectivity index (χ2v) is 22.9. The lowest BCUT2D eigenvalue weighted by Crippen LogP contribution is -2.60. The molecule has 9 amide bonds. The molecule has 32 heteroatoms. The summed E-state index contributed by atoms with van der Waals surface area (Å²) >= 11 is 0. The third-order valence-corrected chi connectivity index (χ3v) is 15.4. The Morgan fingerprint density at radius 2 is 1.41 bits per heavy atom. The molecule has 5 aromatic rings. The second kappa shape index (κ2) is 34.6. The summed E-state index contributed by atoms with van der Waals surface area (Å²) in [5.41, 5.74) is 20.8. The lowest BCUT2D eigenvalue weighted by atomic mass is 10.0. The smallest absolute Gasteiger partial charge is 0.336 e. The van der Waals surface area contributed by atoms with Crippen molar-refractivity contribution in [3.05, 3.63) is 127 Å². The maximum absolute atomic E-state index is 14.7. The molecule has 0 bridgehead atoms. The number of hydrogen-bond acceptors (Lipinski definition) is 19. The molecule has 504 valence electrons. The Kier molecular flexibility index (Phi) is 26.6. The zero-order valence-corrected chi connectivity index (χ0v) is 52.4. The maximum Gasteiger partial charge on any atom is 0.336 e. The zero-order valence-electron chi connectivity index (χ0n) is 52.4. The molecule has 0 saturated carbocycles. The second-order valence-electron chi connectivity index (χ2n) is 22.9. The third kappa shape index (κ3) is 21.1. The molecular weight excluding hydrogens is 1220 g/mol. The number of carbonyl (C=O) groups is 9. The van der Waals surface area contributed by atoms with Crippen LogP contribution in [0.1, 0.15) is 83.3 Å². The van der Waals surface area contributed by atoms with Crippen molar-refractivity contribution in [2.75, 3.05) is 45.2 Å². The molecular formula is C62H80N16O16. The number of nitrogens with two attached hydrogens (primary N) is 4. The van der Waals surface area contributed by atoms with Crippen molar-refractivity contribution in [2.24, 2.45) is 33.8 Å². The largest absolute Gasteiger partial charge is 0.497 e. The Bertz CT molecular complexity index is 3710. The SMILES string of the molecule is COc1ccc2c(CC(=O)N3CCC[C@H]3C(=O)N[C@@H](CC(C)C)C(=O)N[C@@H](CCCCN)C(=O)NCC(=O)N[C@@H](Cc3ccc4ccccc4c3)C(=O)N[C@@H](CNc3ccc([N+](=O)[O-])cc3[N+](=O)[O-])C(=O)N[C@@H](C)C(=O)N[C@@H](CCCN=C(N)N)C(N)=O)cc(=O)oc2c1. The molecule has 0 radical (unpaired) electrons. The van der Waals surface area contributed by atoms with E-state index in [0.29, 0.717) is 47.6 Å². The van der Waals surface area contributed by atoms with Gasteiger partial charge in [-0.3, -0.25) is 68.4 Å². The standard InChI is InChI=1S/C62H80N16O16/c1-34(2)25-46(74-61(88)49-15-10-24-76(49)53(80)28-39-29-54(81)94-51-31-41(93-4)19-20-42(39)51)58(85)73-45(13-7-8-22-63)57(84)69-33-52(79)71-47(27-36-16-17-37-11-5-6-12-38(37)26-36)59(86)75-48(32-68-43-21-18-40(77(89)90)30-50(43)78(91)92)60(87)70-35(3)56(83)72-44(55(64)82)14-9-23-67-62(65)66/h5-6,11-12,16-21,26,29-31,34-35,44-49,68H,7-10,13-15,22-25,27-28,32-33,63H2,1-4H3,(H2,64,82)(H,69,84)(H,70,87)(H,71,79)(H,72,83)(H,73,85)(H,74,88)(H,75,86)(H4,65,66,67)/t35-,44-,45-,46-,47-,48-,49-/m0/s1. The number of carbonyl (C=O) groups excluding carboxylic acids is 9. The molecule has 6 rings (SSSR count). The fourth-order valence-electron chi connectivity index (χ4n) is 10.5. The van der Waals surface area contributed by atoms with Gasteiger partial charge in [0.05, 0.1) is 36.0 Å². The number of ether oxygens (including phenoxy) is 1. The molecule has 0 spiro atoms. The van der Waals surface area contributed by atoms with E-state index in [0.717, 1.165) is 22.9 Å². The number of aliphatic imine (C=N–C) groups is 1. The highest BCUT2D eigenvalue weighted by atomic mass is 16.6. The van der Waals surface area contributed by atoms with Gasteiger partial charge in [-0.25, -0.2) is 4.79 Å². The van der Waals surface area contributed by atoms with E-state index in [1.54, 1.807) is 36.4 Å². The topological polar surface area (TPSA) is 495 Å². The number of nitro groups is 2. The van der Waals surface area contributed by atoms with Crippen LogP contribution in [-0.2, 0) is 56.0 Å². The normalized spacial score (nSPS) is 14.6. The van der Waals surface area contributed by atoms with Crippen LogP contribution in [0.25, 0.3) is 21.7 Å². The number of rotatable bonds is 35. The van der Waals surface area contributed by atoms with Gasteiger partial charge in [-0.2, -0.15) is 0 Å². The predicted octanol–water partition coefficient (Wildman–Crippen LogP) is 0.418. The molecule has 2 heterocycles. The number of nitrogens with zero attached hydrogens (tertiary/aromatic N) is 4. The minimum Gasteiger partial charge on any atom is -0.497 e. The van der Waals surface area contributed by atoms with E-state index in [9.17, 15) is 68.2 Å². The number of hydrogen-bond donors (Lipinski definition) is 12. The number of amides is 9. The Morgan fingerprint density at radius 3 is 2.10 bits per heavy atom. The molecule has 1 fully saturated rings. The summed E-state index contributed by atoms with van der Waals surface area (Å²) in [4.78, 5) is 165. The molecule has 0 unspecified atom stereocenters. The zero-order chi connectivity index (χ0) is 68.8. The van der Waals surface area contributed by atoms with E-state index < -0.39 is 135 Å². The van der Waals surface area contributed by atoms with Crippen molar-refractivity contribution in [3.8, 4) is 5.75 Å². The van der Waals surface area contributed by atoms with E-state index in [4.69, 9.17) is 32.1 Å². The fraction of sp³-hybridized carbons (Fsp3) is 0.435. The molecule has 4 aromatic carbocycles. The van der Waals surface area contributed by atoms with Crippen molar-refractivity contribution >= 4 is 97.9 Å². The minimum atomic E-state index is -1.75. The molecule has 0 aliphatic carbocycles. The van der Waals surface area contributed by atoms with E-state index in [-0.39, 0.29) is 87.7 Å². The monoisotopic (exact) mass is 1300 g/mol. The van der Waals surface area contributed by atoms with Crippen LogP contribution in [0.15, 0.2) is 99.1 Å². The molecule has 1 aliphatic rings. The highest BCUT2D eigenvalue weighted by Gasteiger charge is 2.38.